The van der Waals surface area contributed by atoms with Crippen molar-refractivity contribution >= 4 is 48.1 Å². The van der Waals surface area contributed by atoms with Gasteiger partial charge in [-0.25, -0.2) is 54.2 Å². The van der Waals surface area contributed by atoms with Crippen LogP contribution in [0, 0.1) is 11.6 Å². The monoisotopic (exact) mass is 1180 g/mol. The second-order valence-electron chi connectivity index (χ2n) is 20.8. The van der Waals surface area contributed by atoms with Gasteiger partial charge < -0.3 is 27.8 Å². The van der Waals surface area contributed by atoms with Crippen molar-refractivity contribution in [3.8, 4) is 57.5 Å². The summed E-state index contributed by atoms with van der Waals surface area (Å²) >= 11 is 0. The van der Waals surface area contributed by atoms with Gasteiger partial charge in [0.1, 0.15) is 46.0 Å². The van der Waals surface area contributed by atoms with Crippen LogP contribution in [0.4, 0.5) is 20.7 Å². The van der Waals surface area contributed by atoms with E-state index in [0.717, 1.165) is 24.8 Å². The Balaban J connectivity index is 0.000000231. The second kappa shape index (κ2) is 25.3. The molecule has 0 radical (unpaired) electrons. The van der Waals surface area contributed by atoms with Crippen LogP contribution in [0.15, 0.2) is 107 Å². The quantitative estimate of drug-likeness (QED) is 0.0511. The molecule has 80 heavy (non-hydrogen) atoms. The summed E-state index contributed by atoms with van der Waals surface area (Å²) in [4.78, 5) is 15.8. The molecule has 0 amide bonds. The van der Waals surface area contributed by atoms with Crippen LogP contribution in [0.2, 0.25) is 51.4 Å². The molecule has 0 unspecified atom stereocenters. The predicted molar refractivity (Wildman–Crippen MR) is 303 cm³/mol. The van der Waals surface area contributed by atoms with Crippen molar-refractivity contribution in [1.29, 1.82) is 0 Å². The summed E-state index contributed by atoms with van der Waals surface area (Å²) in [6, 6.07) is 18.6. The number of nitrogens with zero attached hydrogens (tertiary/aromatic N) is 12. The lowest BCUT2D eigenvalue weighted by Gasteiger charge is -2.29. The number of hydrogen-bond donors (Lipinski definition) is 0. The van der Waals surface area contributed by atoms with Crippen molar-refractivity contribution in [3.63, 3.8) is 0 Å². The number of sulfonamides is 2. The highest BCUT2D eigenvalue weighted by Crippen LogP contribution is 2.41. The highest BCUT2D eigenvalue weighted by atomic mass is 32.2. The zero-order valence-corrected chi connectivity index (χ0v) is 50.3. The van der Waals surface area contributed by atoms with E-state index in [4.69, 9.17) is 27.8 Å². The van der Waals surface area contributed by atoms with Crippen LogP contribution in [0.3, 0.4) is 0 Å². The minimum atomic E-state index is -4.06. The van der Waals surface area contributed by atoms with Crippen molar-refractivity contribution in [2.75, 3.05) is 50.1 Å². The number of para-hydroxylation sites is 2. The Labute approximate surface area is 466 Å². The van der Waals surface area contributed by atoms with Crippen molar-refractivity contribution in [1.82, 2.24) is 49.5 Å². The highest BCUT2D eigenvalue weighted by molar-refractivity contribution is 7.93. The predicted octanol–water partition coefficient (Wildman–Crippen LogP) is 9.16. The number of rotatable bonds is 24. The molecule has 6 aromatic heterocycles. The third-order valence-electron chi connectivity index (χ3n) is 12.5. The zero-order chi connectivity index (χ0) is 58.2. The van der Waals surface area contributed by atoms with Gasteiger partial charge in [-0.3, -0.25) is 9.13 Å². The van der Waals surface area contributed by atoms with Crippen molar-refractivity contribution < 1.29 is 53.4 Å². The molecular formula is C52H66F2N12O10S2Si2. The van der Waals surface area contributed by atoms with E-state index < -0.39 is 58.3 Å². The van der Waals surface area contributed by atoms with Crippen LogP contribution in [0.25, 0.3) is 34.5 Å². The minimum Gasteiger partial charge on any atom is -0.494 e. The van der Waals surface area contributed by atoms with Crippen molar-refractivity contribution in [2.24, 2.45) is 0 Å². The number of benzene rings is 2. The molecule has 0 aliphatic heterocycles. The summed E-state index contributed by atoms with van der Waals surface area (Å²) < 4.78 is 123. The number of anilines is 2. The van der Waals surface area contributed by atoms with E-state index in [1.54, 1.807) is 83.6 Å². The summed E-state index contributed by atoms with van der Waals surface area (Å²) in [5.74, 6) is 2.32. The molecule has 0 spiro atoms. The molecule has 0 saturated heterocycles. The maximum Gasteiger partial charge on any atom is 0.246 e. The number of halogens is 2. The van der Waals surface area contributed by atoms with Crippen molar-refractivity contribution in [3.05, 3.63) is 121 Å². The fourth-order valence-electron chi connectivity index (χ4n) is 8.13. The Morgan fingerprint density at radius 3 is 1.12 bits per heavy atom. The molecule has 2 atom stereocenters. The lowest BCUT2D eigenvalue weighted by Crippen LogP contribution is -2.42. The number of ether oxygens (including phenoxy) is 4. The summed E-state index contributed by atoms with van der Waals surface area (Å²) in [6.45, 7) is 16.5. The number of hydrogen-bond acceptors (Lipinski definition) is 18. The summed E-state index contributed by atoms with van der Waals surface area (Å²) in [5.41, 5.74) is 0.836. The van der Waals surface area contributed by atoms with E-state index in [9.17, 15) is 25.6 Å². The molecule has 6 heterocycles. The second-order valence-corrected chi connectivity index (χ2v) is 36.6. The topological polar surface area (TPSA) is 251 Å². The molecule has 0 saturated carbocycles. The normalized spacial score (nSPS) is 12.8. The van der Waals surface area contributed by atoms with Gasteiger partial charge in [0.15, 0.2) is 23.2 Å². The van der Waals surface area contributed by atoms with Gasteiger partial charge in [-0.15, -0.1) is 20.4 Å². The SMILES string of the molecule is COc1cccc(OC)c1-n1c(-c2ccco2)nnc1N(CC[Si](C)(C)C)S(=O)(=O)[C@@H](C)Cc1ncc(F)cn1.COc1cccc(OC)c1-n1c(-c2ccco2)nnc1N(CC[Si](C)(C)C)S(=O)(=O)[C@H](C)Cc1ncc(F)cn1. The highest BCUT2D eigenvalue weighted by Gasteiger charge is 2.39. The molecule has 0 fully saturated rings. The van der Waals surface area contributed by atoms with Crippen LogP contribution in [-0.4, -0.2) is 134 Å². The van der Waals surface area contributed by atoms with Gasteiger partial charge in [0.2, 0.25) is 43.6 Å². The van der Waals surface area contributed by atoms with Crippen molar-refractivity contribution in [2.45, 2.75) is 88.6 Å². The molecule has 8 aromatic rings. The summed E-state index contributed by atoms with van der Waals surface area (Å²) in [5, 5.41) is 15.6. The third-order valence-corrected chi connectivity index (χ3v) is 20.3. The lowest BCUT2D eigenvalue weighted by atomic mass is 10.2. The maximum absolute atomic E-state index is 14.3. The first-order valence-corrected chi connectivity index (χ1v) is 35.7. The molecule has 28 heteroatoms. The largest absolute Gasteiger partial charge is 0.494 e. The molecule has 0 N–H and O–H groups in total. The van der Waals surface area contributed by atoms with Gasteiger partial charge >= 0.3 is 0 Å². The van der Waals surface area contributed by atoms with E-state index in [1.807, 2.05) is 0 Å². The fraction of sp³-hybridized carbons (Fsp3) is 0.385. The number of aromatic nitrogens is 10. The third kappa shape index (κ3) is 13.9. The van der Waals surface area contributed by atoms with Gasteiger partial charge in [0.05, 0.1) is 76.3 Å². The fourth-order valence-corrected chi connectivity index (χ4v) is 13.2. The number of methoxy groups -OCH3 is 4. The van der Waals surface area contributed by atoms with E-state index >= 15 is 0 Å². The molecule has 22 nitrogen and oxygen atoms in total. The molecule has 8 rings (SSSR count). The molecule has 0 bridgehead atoms. The van der Waals surface area contributed by atoms with E-state index in [-0.39, 0.29) is 61.1 Å². The average Bonchev–Trinajstić information content (AvgIpc) is 4.32. The van der Waals surface area contributed by atoms with E-state index in [0.29, 0.717) is 58.0 Å². The summed E-state index contributed by atoms with van der Waals surface area (Å²) in [7, 11) is -5.52. The van der Waals surface area contributed by atoms with Gasteiger partial charge in [-0.2, -0.15) is 0 Å². The lowest BCUT2D eigenvalue weighted by molar-refractivity contribution is 0.391. The van der Waals surface area contributed by atoms with Crippen LogP contribution in [-0.2, 0) is 32.9 Å². The Hall–Kier alpha value is -7.57. The first kappa shape index (κ1) is 60.1. The Kier molecular flexibility index (Phi) is 19.0. The molecular weight excluding hydrogens is 1110 g/mol. The zero-order valence-electron chi connectivity index (χ0n) is 46.7. The van der Waals surface area contributed by atoms with Crippen LogP contribution in [0.5, 0.6) is 23.0 Å². The van der Waals surface area contributed by atoms with Crippen LogP contribution < -0.4 is 27.6 Å². The minimum absolute atomic E-state index is 0.0246. The first-order chi connectivity index (χ1) is 37.9. The van der Waals surface area contributed by atoms with Crippen LogP contribution >= 0.6 is 0 Å². The van der Waals surface area contributed by atoms with E-state index in [1.165, 1.54) is 49.6 Å². The first-order valence-electron chi connectivity index (χ1n) is 25.3. The van der Waals surface area contributed by atoms with E-state index in [2.05, 4.69) is 79.6 Å². The van der Waals surface area contributed by atoms with Gasteiger partial charge in [-0.05, 0) is 74.5 Å². The molecule has 0 aliphatic rings. The van der Waals surface area contributed by atoms with Gasteiger partial charge in [-0.1, -0.05) is 51.4 Å². The smallest absolute Gasteiger partial charge is 0.246 e. The molecule has 428 valence electrons. The standard InChI is InChI=1S/2C26H33FN6O5SSi/c2*1-18(15-23-28-16-19(27)17-29-23)39(34,35)32(12-14-40(4,5)6)26-31-30-25(22-11-8-13-38-22)33(26)24-20(36-2)9-7-10-21(24)37-3/h2*7-11,13,16-18H,12,14-15H2,1-6H3/t2*18-/m10/s1. The Bertz CT molecular complexity index is 3270. The Morgan fingerprint density at radius 1 is 0.525 bits per heavy atom. The molecule has 2 aromatic carbocycles. The maximum atomic E-state index is 14.3. The number of furan rings is 2. The van der Waals surface area contributed by atoms with Gasteiger partial charge in [0, 0.05) is 42.1 Å². The Morgan fingerprint density at radius 2 is 0.850 bits per heavy atom. The average molecular weight is 1180 g/mol. The molecule has 0 aliphatic carbocycles. The summed E-state index contributed by atoms with van der Waals surface area (Å²) in [6.07, 6.45) is 7.02. The van der Waals surface area contributed by atoms with Crippen LogP contribution in [0.1, 0.15) is 25.5 Å². The van der Waals surface area contributed by atoms with Gasteiger partial charge in [0.25, 0.3) is 0 Å².